The van der Waals surface area contributed by atoms with Crippen LogP contribution in [0.3, 0.4) is 0 Å². The van der Waals surface area contributed by atoms with Crippen molar-refractivity contribution in [1.29, 1.82) is 0 Å². The van der Waals surface area contributed by atoms with Gasteiger partial charge in [0.15, 0.2) is 5.58 Å². The second kappa shape index (κ2) is 3.79. The molecule has 2 nitrogen and oxygen atoms in total. The van der Waals surface area contributed by atoms with Crippen molar-refractivity contribution in [2.24, 2.45) is 0 Å². The van der Waals surface area contributed by atoms with E-state index in [1.807, 2.05) is 24.3 Å². The van der Waals surface area contributed by atoms with Crippen molar-refractivity contribution >= 4 is 22.6 Å². The lowest BCUT2D eigenvalue weighted by atomic mass is 10.1. The first-order valence-electron chi connectivity index (χ1n) is 5.60. The van der Waals surface area contributed by atoms with Crippen LogP contribution in [0.5, 0.6) is 0 Å². The number of para-hydroxylation sites is 1. The summed E-state index contributed by atoms with van der Waals surface area (Å²) in [4.78, 5) is 0. The molecular weight excluding hydrogens is 224 g/mol. The molecule has 0 spiro atoms. The topological polar surface area (TPSA) is 33.4 Å². The predicted molar refractivity (Wildman–Crippen MR) is 63.8 cm³/mol. The van der Waals surface area contributed by atoms with E-state index < -0.39 is 0 Å². The van der Waals surface area contributed by atoms with E-state index in [1.54, 1.807) is 0 Å². The Balaban J connectivity index is 2.02. The molecule has 1 N–H and O–H groups in total. The maximum absolute atomic E-state index is 9.52. The Hall–Kier alpha value is -0.990. The minimum absolute atomic E-state index is 0.173. The molecule has 0 amide bonds. The van der Waals surface area contributed by atoms with Gasteiger partial charge in [-0.2, -0.15) is 0 Å². The van der Waals surface area contributed by atoms with E-state index in [0.29, 0.717) is 10.9 Å². The zero-order valence-electron chi connectivity index (χ0n) is 8.82. The van der Waals surface area contributed by atoms with Crippen LogP contribution >= 0.6 is 11.6 Å². The minimum atomic E-state index is -0.173. The van der Waals surface area contributed by atoms with Gasteiger partial charge >= 0.3 is 0 Å². The van der Waals surface area contributed by atoms with E-state index in [9.17, 15) is 5.11 Å². The smallest absolute Gasteiger partial charge is 0.152 e. The van der Waals surface area contributed by atoms with Crippen LogP contribution in [0.4, 0.5) is 0 Å². The lowest BCUT2D eigenvalue weighted by Gasteiger charge is -2.03. The molecule has 1 fully saturated rings. The number of furan rings is 1. The summed E-state index contributed by atoms with van der Waals surface area (Å²) >= 11 is 6.06. The number of aliphatic hydroxyl groups excluding tert-OH is 1. The third kappa shape index (κ3) is 1.62. The third-order valence-electron chi connectivity index (χ3n) is 3.32. The molecular formula is C13H13ClO2. The van der Waals surface area contributed by atoms with E-state index in [1.165, 1.54) is 0 Å². The van der Waals surface area contributed by atoms with Crippen molar-refractivity contribution in [1.82, 2.24) is 0 Å². The molecule has 2 unspecified atom stereocenters. The molecule has 0 radical (unpaired) electrons. The molecule has 1 saturated carbocycles. The predicted octanol–water partition coefficient (Wildman–Crippen LogP) is 3.71. The Morgan fingerprint density at radius 1 is 1.31 bits per heavy atom. The highest BCUT2D eigenvalue weighted by atomic mass is 35.5. The van der Waals surface area contributed by atoms with Crippen LogP contribution < -0.4 is 0 Å². The Kier molecular flexibility index (Phi) is 2.41. The SMILES string of the molecule is OC1CCC(c2cc3cccc(Cl)c3o2)C1. The number of benzene rings is 1. The van der Waals surface area contributed by atoms with Crippen LogP contribution in [-0.2, 0) is 0 Å². The van der Waals surface area contributed by atoms with Crippen molar-refractivity contribution in [3.63, 3.8) is 0 Å². The first-order valence-corrected chi connectivity index (χ1v) is 5.98. The van der Waals surface area contributed by atoms with Crippen LogP contribution in [0.25, 0.3) is 11.0 Å². The van der Waals surface area contributed by atoms with Gasteiger partial charge in [-0.15, -0.1) is 0 Å². The largest absolute Gasteiger partial charge is 0.459 e. The second-order valence-corrected chi connectivity index (χ2v) is 4.88. The van der Waals surface area contributed by atoms with Crippen LogP contribution in [0.1, 0.15) is 30.9 Å². The van der Waals surface area contributed by atoms with Crippen LogP contribution in [0, 0.1) is 0 Å². The van der Waals surface area contributed by atoms with Crippen LogP contribution in [-0.4, -0.2) is 11.2 Å². The number of hydrogen-bond donors (Lipinski definition) is 1. The Morgan fingerprint density at radius 3 is 2.88 bits per heavy atom. The second-order valence-electron chi connectivity index (χ2n) is 4.47. The van der Waals surface area contributed by atoms with Gasteiger partial charge in [-0.1, -0.05) is 23.7 Å². The average Bonchev–Trinajstić information content (AvgIpc) is 2.84. The van der Waals surface area contributed by atoms with Gasteiger partial charge in [-0.3, -0.25) is 0 Å². The van der Waals surface area contributed by atoms with Crippen molar-refractivity contribution < 1.29 is 9.52 Å². The molecule has 3 heteroatoms. The molecule has 0 saturated heterocycles. The van der Waals surface area contributed by atoms with Gasteiger partial charge in [0.25, 0.3) is 0 Å². The summed E-state index contributed by atoms with van der Waals surface area (Å²) < 4.78 is 5.79. The van der Waals surface area contributed by atoms with Crippen molar-refractivity contribution in [3.8, 4) is 0 Å². The molecule has 16 heavy (non-hydrogen) atoms. The van der Waals surface area contributed by atoms with E-state index in [0.717, 1.165) is 36.0 Å². The zero-order chi connectivity index (χ0) is 11.1. The highest BCUT2D eigenvalue weighted by Gasteiger charge is 2.27. The van der Waals surface area contributed by atoms with E-state index in [2.05, 4.69) is 0 Å². The molecule has 1 heterocycles. The van der Waals surface area contributed by atoms with Gasteiger partial charge in [0, 0.05) is 11.3 Å². The number of fused-ring (bicyclic) bond motifs is 1. The normalized spacial score (nSPS) is 25.4. The fourth-order valence-electron chi connectivity index (χ4n) is 2.46. The quantitative estimate of drug-likeness (QED) is 0.819. The van der Waals surface area contributed by atoms with Gasteiger partial charge in [0.1, 0.15) is 5.76 Å². The minimum Gasteiger partial charge on any atom is -0.459 e. The Morgan fingerprint density at radius 2 is 2.19 bits per heavy atom. The molecule has 1 aliphatic carbocycles. The summed E-state index contributed by atoms with van der Waals surface area (Å²) in [6, 6.07) is 7.80. The van der Waals surface area contributed by atoms with Gasteiger partial charge in [0.2, 0.25) is 0 Å². The molecule has 1 aromatic carbocycles. The third-order valence-corrected chi connectivity index (χ3v) is 3.62. The summed E-state index contributed by atoms with van der Waals surface area (Å²) in [7, 11) is 0. The molecule has 2 atom stereocenters. The monoisotopic (exact) mass is 236 g/mol. The molecule has 84 valence electrons. The Labute approximate surface area is 98.8 Å². The lowest BCUT2D eigenvalue weighted by Crippen LogP contribution is -1.98. The highest BCUT2D eigenvalue weighted by molar-refractivity contribution is 6.34. The number of hydrogen-bond acceptors (Lipinski definition) is 2. The standard InChI is InChI=1S/C13H13ClO2/c14-11-3-1-2-9-7-12(16-13(9)11)8-4-5-10(15)6-8/h1-3,7-8,10,15H,4-6H2. The van der Waals surface area contributed by atoms with Crippen molar-refractivity contribution in [2.45, 2.75) is 31.3 Å². The average molecular weight is 237 g/mol. The first kappa shape index (κ1) is 10.2. The maximum Gasteiger partial charge on any atom is 0.152 e. The number of rotatable bonds is 1. The summed E-state index contributed by atoms with van der Waals surface area (Å²) in [5.74, 6) is 1.30. The zero-order valence-corrected chi connectivity index (χ0v) is 9.57. The highest BCUT2D eigenvalue weighted by Crippen LogP contribution is 2.38. The van der Waals surface area contributed by atoms with Crippen molar-refractivity contribution in [2.75, 3.05) is 0 Å². The molecule has 3 rings (SSSR count). The Bertz CT molecular complexity index is 518. The van der Waals surface area contributed by atoms with Crippen molar-refractivity contribution in [3.05, 3.63) is 35.0 Å². The fraction of sp³-hybridized carbons (Fsp3) is 0.385. The van der Waals surface area contributed by atoms with E-state index in [-0.39, 0.29) is 6.10 Å². The van der Waals surface area contributed by atoms with Gasteiger partial charge < -0.3 is 9.52 Å². The molecule has 2 aromatic rings. The molecule has 1 aliphatic rings. The molecule has 1 aromatic heterocycles. The van der Waals surface area contributed by atoms with Gasteiger partial charge in [0.05, 0.1) is 11.1 Å². The number of aliphatic hydroxyl groups is 1. The van der Waals surface area contributed by atoms with E-state index in [4.69, 9.17) is 16.0 Å². The van der Waals surface area contributed by atoms with Gasteiger partial charge in [-0.05, 0) is 31.4 Å². The summed E-state index contributed by atoms with van der Waals surface area (Å²) in [6.07, 6.45) is 2.50. The summed E-state index contributed by atoms with van der Waals surface area (Å²) in [5.41, 5.74) is 0.764. The lowest BCUT2D eigenvalue weighted by molar-refractivity contribution is 0.180. The van der Waals surface area contributed by atoms with Gasteiger partial charge in [-0.25, -0.2) is 0 Å². The maximum atomic E-state index is 9.52. The van der Waals surface area contributed by atoms with Crippen LogP contribution in [0.15, 0.2) is 28.7 Å². The first-order chi connectivity index (χ1) is 7.74. The number of halogens is 1. The van der Waals surface area contributed by atoms with Crippen LogP contribution in [0.2, 0.25) is 5.02 Å². The molecule has 0 aliphatic heterocycles. The van der Waals surface area contributed by atoms with E-state index >= 15 is 0 Å². The fourth-order valence-corrected chi connectivity index (χ4v) is 2.69. The molecule has 0 bridgehead atoms. The summed E-state index contributed by atoms with van der Waals surface area (Å²) in [5, 5.41) is 11.2. The summed E-state index contributed by atoms with van der Waals surface area (Å²) in [6.45, 7) is 0.